The highest BCUT2D eigenvalue weighted by atomic mass is 32.1. The molecular weight excluding hydrogens is 230 g/mol. The van der Waals surface area contributed by atoms with Gasteiger partial charge in [0.15, 0.2) is 5.76 Å². The Morgan fingerprint density at radius 2 is 2.31 bits per heavy atom. The maximum absolute atomic E-state index is 10.4. The molecule has 0 unspecified atom stereocenters. The summed E-state index contributed by atoms with van der Waals surface area (Å²) in [6.45, 7) is 0. The Bertz CT molecular complexity index is 593. The molecule has 0 aromatic carbocycles. The van der Waals surface area contributed by atoms with Crippen LogP contribution in [0.1, 0.15) is 4.88 Å². The maximum atomic E-state index is 10.4. The lowest BCUT2D eigenvalue weighted by molar-refractivity contribution is -0.401. The molecule has 2 aromatic heterocycles. The van der Waals surface area contributed by atoms with E-state index in [-0.39, 0.29) is 5.88 Å². The van der Waals surface area contributed by atoms with Crippen molar-refractivity contribution >= 4 is 22.9 Å². The number of furan rings is 1. The lowest BCUT2D eigenvalue weighted by Gasteiger charge is -1.86. The summed E-state index contributed by atoms with van der Waals surface area (Å²) in [6.07, 6.45) is 0. The number of anilines is 1. The third-order valence-electron chi connectivity index (χ3n) is 1.88. The largest absolute Gasteiger partial charge is 0.433 e. The van der Waals surface area contributed by atoms with Crippen LogP contribution in [0.2, 0.25) is 0 Å². The van der Waals surface area contributed by atoms with E-state index in [9.17, 15) is 10.1 Å². The van der Waals surface area contributed by atoms with Crippen LogP contribution in [-0.2, 0) is 0 Å². The van der Waals surface area contributed by atoms with E-state index in [1.807, 2.05) is 6.07 Å². The highest BCUT2D eigenvalue weighted by Crippen LogP contribution is 2.34. The Morgan fingerprint density at radius 1 is 1.56 bits per heavy atom. The second-order valence-electron chi connectivity index (χ2n) is 2.90. The van der Waals surface area contributed by atoms with Gasteiger partial charge in [-0.3, -0.25) is 10.1 Å². The SMILES string of the molecule is N#Cc1sc(-c2ccc([N+](=O)[O-])o2)cc1N. The first-order valence-corrected chi connectivity index (χ1v) is 4.97. The smallest absolute Gasteiger partial charge is 0.400 e. The summed E-state index contributed by atoms with van der Waals surface area (Å²) in [4.78, 5) is 10.8. The first kappa shape index (κ1) is 10.2. The van der Waals surface area contributed by atoms with Gasteiger partial charge in [0.25, 0.3) is 0 Å². The third-order valence-corrected chi connectivity index (χ3v) is 2.95. The van der Waals surface area contributed by atoms with Crippen molar-refractivity contribution < 1.29 is 9.34 Å². The number of rotatable bonds is 2. The molecule has 0 aliphatic carbocycles. The van der Waals surface area contributed by atoms with Gasteiger partial charge in [0, 0.05) is 0 Å². The summed E-state index contributed by atoms with van der Waals surface area (Å²) in [7, 11) is 0. The third kappa shape index (κ3) is 1.62. The van der Waals surface area contributed by atoms with Gasteiger partial charge in [-0.15, -0.1) is 11.3 Å². The lowest BCUT2D eigenvalue weighted by Crippen LogP contribution is -1.82. The van der Waals surface area contributed by atoms with Crippen LogP contribution in [0.25, 0.3) is 10.6 Å². The van der Waals surface area contributed by atoms with Crippen LogP contribution in [0.5, 0.6) is 0 Å². The number of nitro groups is 1. The second kappa shape index (κ2) is 3.67. The molecule has 0 saturated carbocycles. The maximum Gasteiger partial charge on any atom is 0.433 e. The number of hydrogen-bond acceptors (Lipinski definition) is 6. The van der Waals surface area contributed by atoms with Gasteiger partial charge in [-0.25, -0.2) is 0 Å². The summed E-state index contributed by atoms with van der Waals surface area (Å²) < 4.78 is 4.99. The van der Waals surface area contributed by atoms with Crippen LogP contribution in [0, 0.1) is 21.4 Å². The Labute approximate surface area is 93.7 Å². The molecule has 0 atom stereocenters. The van der Waals surface area contributed by atoms with Gasteiger partial charge in [-0.2, -0.15) is 5.26 Å². The van der Waals surface area contributed by atoms with Crippen molar-refractivity contribution in [2.24, 2.45) is 0 Å². The van der Waals surface area contributed by atoms with Crippen LogP contribution in [0.3, 0.4) is 0 Å². The minimum absolute atomic E-state index is 0.333. The number of nitrogens with two attached hydrogens (primary N) is 1. The average molecular weight is 235 g/mol. The van der Waals surface area contributed by atoms with Gasteiger partial charge in [-0.05, 0) is 12.1 Å². The number of thiophene rings is 1. The zero-order valence-corrected chi connectivity index (χ0v) is 8.65. The van der Waals surface area contributed by atoms with E-state index in [1.165, 1.54) is 12.1 Å². The van der Waals surface area contributed by atoms with Gasteiger partial charge >= 0.3 is 5.88 Å². The fourth-order valence-corrected chi connectivity index (χ4v) is 2.01. The molecule has 80 valence electrons. The molecule has 0 spiro atoms. The van der Waals surface area contributed by atoms with Crippen LogP contribution in [0.4, 0.5) is 11.6 Å². The Morgan fingerprint density at radius 3 is 2.81 bits per heavy atom. The Hall–Kier alpha value is -2.33. The van der Waals surface area contributed by atoms with Crippen LogP contribution < -0.4 is 5.73 Å². The standard InChI is InChI=1S/C9H5N3O3S/c10-4-8-5(11)3-7(16-8)6-1-2-9(15-6)12(13)14/h1-3H,11H2. The number of nitriles is 1. The summed E-state index contributed by atoms with van der Waals surface area (Å²) in [6, 6.07) is 6.23. The van der Waals surface area contributed by atoms with Crippen molar-refractivity contribution in [1.82, 2.24) is 0 Å². The van der Waals surface area contributed by atoms with Crippen molar-refractivity contribution in [3.63, 3.8) is 0 Å². The van der Waals surface area contributed by atoms with Gasteiger partial charge in [0.2, 0.25) is 0 Å². The predicted octanol–water partition coefficient (Wildman–Crippen LogP) is 2.37. The monoisotopic (exact) mass is 235 g/mol. The fraction of sp³-hybridized carbons (Fsp3) is 0. The van der Waals surface area contributed by atoms with Crippen molar-refractivity contribution in [2.45, 2.75) is 0 Å². The summed E-state index contributed by atoms with van der Waals surface area (Å²) in [5.74, 6) is 0.00498. The molecular formula is C9H5N3O3S. The number of hydrogen-bond donors (Lipinski definition) is 1. The molecule has 6 nitrogen and oxygen atoms in total. The van der Waals surface area contributed by atoms with Crippen LogP contribution >= 0.6 is 11.3 Å². The molecule has 2 heterocycles. The normalized spacial score (nSPS) is 9.94. The Kier molecular flexibility index (Phi) is 2.34. The van der Waals surface area contributed by atoms with Gasteiger partial charge in [-0.1, -0.05) is 0 Å². The van der Waals surface area contributed by atoms with Crippen molar-refractivity contribution in [3.05, 3.63) is 33.2 Å². The van der Waals surface area contributed by atoms with Gasteiger partial charge < -0.3 is 10.2 Å². The van der Waals surface area contributed by atoms with E-state index in [1.54, 1.807) is 6.07 Å². The number of nitrogen functional groups attached to an aromatic ring is 1. The second-order valence-corrected chi connectivity index (χ2v) is 3.95. The van der Waals surface area contributed by atoms with E-state index >= 15 is 0 Å². The molecule has 0 bridgehead atoms. The molecule has 0 saturated heterocycles. The van der Waals surface area contributed by atoms with Crippen LogP contribution in [-0.4, -0.2) is 4.92 Å². The van der Waals surface area contributed by atoms with E-state index in [0.717, 1.165) is 11.3 Å². The van der Waals surface area contributed by atoms with Gasteiger partial charge in [0.05, 0.1) is 16.6 Å². The fourth-order valence-electron chi connectivity index (χ4n) is 1.17. The quantitative estimate of drug-likeness (QED) is 0.635. The summed E-state index contributed by atoms with van der Waals surface area (Å²) in [5.41, 5.74) is 5.92. The van der Waals surface area contributed by atoms with Crippen molar-refractivity contribution in [1.29, 1.82) is 5.26 Å². The van der Waals surface area contributed by atoms with E-state index in [4.69, 9.17) is 15.4 Å². The predicted molar refractivity (Wildman–Crippen MR) is 57.8 cm³/mol. The first-order chi connectivity index (χ1) is 7.61. The van der Waals surface area contributed by atoms with E-state index in [2.05, 4.69) is 0 Å². The number of nitrogens with zero attached hydrogens (tertiary/aromatic N) is 2. The van der Waals surface area contributed by atoms with Gasteiger partial charge in [0.1, 0.15) is 15.9 Å². The molecule has 0 aliphatic heterocycles. The molecule has 2 aromatic rings. The molecule has 0 fully saturated rings. The molecule has 7 heteroatoms. The molecule has 0 radical (unpaired) electrons. The zero-order valence-electron chi connectivity index (χ0n) is 7.84. The van der Waals surface area contributed by atoms with Crippen molar-refractivity contribution in [3.8, 4) is 16.7 Å². The van der Waals surface area contributed by atoms with E-state index in [0.29, 0.717) is 21.2 Å². The van der Waals surface area contributed by atoms with Crippen molar-refractivity contribution in [2.75, 3.05) is 5.73 Å². The topological polar surface area (TPSA) is 106 Å². The first-order valence-electron chi connectivity index (χ1n) is 4.16. The molecule has 0 amide bonds. The Balaban J connectivity index is 2.43. The summed E-state index contributed by atoms with van der Waals surface area (Å²) >= 11 is 1.14. The minimum atomic E-state index is -0.619. The minimum Gasteiger partial charge on any atom is -0.400 e. The average Bonchev–Trinajstić information content (AvgIpc) is 2.83. The molecule has 0 aliphatic rings. The summed E-state index contributed by atoms with van der Waals surface area (Å²) in [5, 5.41) is 19.1. The lowest BCUT2D eigenvalue weighted by atomic mass is 10.3. The highest BCUT2D eigenvalue weighted by molar-refractivity contribution is 7.16. The molecule has 2 rings (SSSR count). The van der Waals surface area contributed by atoms with E-state index < -0.39 is 4.92 Å². The zero-order chi connectivity index (χ0) is 11.7. The molecule has 16 heavy (non-hydrogen) atoms. The molecule has 2 N–H and O–H groups in total. The highest BCUT2D eigenvalue weighted by Gasteiger charge is 2.15. The van der Waals surface area contributed by atoms with Crippen LogP contribution in [0.15, 0.2) is 22.6 Å².